The van der Waals surface area contributed by atoms with Crippen molar-refractivity contribution in [2.75, 3.05) is 11.5 Å². The van der Waals surface area contributed by atoms with Crippen molar-refractivity contribution in [3.63, 3.8) is 0 Å². The molecular weight excluding hydrogens is 510 g/mol. The van der Waals surface area contributed by atoms with E-state index in [0.29, 0.717) is 11.4 Å². The van der Waals surface area contributed by atoms with E-state index in [0.717, 1.165) is 42.4 Å². The summed E-state index contributed by atoms with van der Waals surface area (Å²) in [7, 11) is 0. The van der Waals surface area contributed by atoms with Gasteiger partial charge in [-0.15, -0.1) is 0 Å². The molecule has 5 aromatic rings. The molecule has 204 valence electrons. The first kappa shape index (κ1) is 25.8. The lowest BCUT2D eigenvalue weighted by atomic mass is 9.92. The summed E-state index contributed by atoms with van der Waals surface area (Å²) >= 11 is 0. The monoisotopic (exact) mass is 543 g/mol. The second kappa shape index (κ2) is 11.0. The standard InChI is InChI=1S/C39H33N3/c40-38-28(19-20-29(39(38)41)13-5-10-27-11-7-23-42-25-27)12-3-8-26-9-4-14-30(24-26)31-21-22-36-33-16-2-1-15-32(33)35-18-6-17-34(31)37(35)36/h1,3-7,9,11-15,17-25H,2,8,10,16,40-41H2/b12-3-,13-5-. The van der Waals surface area contributed by atoms with Crippen molar-refractivity contribution in [2.45, 2.75) is 25.7 Å². The molecule has 0 atom stereocenters. The number of benzene rings is 4. The van der Waals surface area contributed by atoms with Crippen molar-refractivity contribution in [2.24, 2.45) is 0 Å². The van der Waals surface area contributed by atoms with Crippen LogP contribution in [0.25, 0.3) is 45.2 Å². The number of nitrogens with two attached hydrogens (primary N) is 2. The first-order valence-electron chi connectivity index (χ1n) is 14.6. The van der Waals surface area contributed by atoms with Crippen LogP contribution in [0.1, 0.15) is 46.2 Å². The van der Waals surface area contributed by atoms with E-state index in [1.807, 2.05) is 30.5 Å². The van der Waals surface area contributed by atoms with Crippen molar-refractivity contribution >= 4 is 45.4 Å². The maximum Gasteiger partial charge on any atom is 0.0627 e. The molecule has 0 bridgehead atoms. The van der Waals surface area contributed by atoms with Crippen LogP contribution < -0.4 is 11.5 Å². The number of hydrogen-bond acceptors (Lipinski definition) is 3. The Morgan fingerprint density at radius 2 is 1.45 bits per heavy atom. The third kappa shape index (κ3) is 4.73. The van der Waals surface area contributed by atoms with E-state index in [9.17, 15) is 0 Å². The molecule has 0 aliphatic heterocycles. The topological polar surface area (TPSA) is 64.9 Å². The van der Waals surface area contributed by atoms with Gasteiger partial charge in [0, 0.05) is 12.4 Å². The second-order valence-corrected chi connectivity index (χ2v) is 11.1. The molecule has 1 heterocycles. The molecule has 3 nitrogen and oxygen atoms in total. The number of nitrogen functional groups attached to an aromatic ring is 2. The summed E-state index contributed by atoms with van der Waals surface area (Å²) in [6.45, 7) is 0. The minimum Gasteiger partial charge on any atom is -0.397 e. The van der Waals surface area contributed by atoms with E-state index < -0.39 is 0 Å². The van der Waals surface area contributed by atoms with E-state index in [2.05, 4.69) is 96.0 Å². The summed E-state index contributed by atoms with van der Waals surface area (Å²) < 4.78 is 0. The predicted octanol–water partition coefficient (Wildman–Crippen LogP) is 9.15. The Morgan fingerprint density at radius 3 is 2.24 bits per heavy atom. The Morgan fingerprint density at radius 1 is 0.714 bits per heavy atom. The highest BCUT2D eigenvalue weighted by molar-refractivity contribution is 6.19. The molecule has 2 aliphatic carbocycles. The number of anilines is 2. The van der Waals surface area contributed by atoms with Gasteiger partial charge in [-0.2, -0.15) is 0 Å². The lowest BCUT2D eigenvalue weighted by Crippen LogP contribution is -1.99. The average molecular weight is 544 g/mol. The summed E-state index contributed by atoms with van der Waals surface area (Å²) in [4.78, 5) is 4.17. The van der Waals surface area contributed by atoms with Gasteiger partial charge in [-0.1, -0.05) is 109 Å². The molecular formula is C39H33N3. The van der Waals surface area contributed by atoms with Gasteiger partial charge >= 0.3 is 0 Å². The smallest absolute Gasteiger partial charge is 0.0627 e. The average Bonchev–Trinajstić information content (AvgIpc) is 3.36. The number of allylic oxidation sites excluding steroid dienone is 6. The van der Waals surface area contributed by atoms with Gasteiger partial charge in [0.15, 0.2) is 0 Å². The fourth-order valence-electron chi connectivity index (χ4n) is 6.32. The van der Waals surface area contributed by atoms with Crippen molar-refractivity contribution < 1.29 is 0 Å². The zero-order chi connectivity index (χ0) is 28.5. The molecule has 4 N–H and O–H groups in total. The van der Waals surface area contributed by atoms with Gasteiger partial charge in [0.2, 0.25) is 0 Å². The number of rotatable bonds is 7. The zero-order valence-corrected chi connectivity index (χ0v) is 23.6. The molecule has 42 heavy (non-hydrogen) atoms. The molecule has 2 aliphatic rings. The molecule has 0 saturated carbocycles. The molecule has 0 spiro atoms. The number of nitrogens with zero attached hydrogens (tertiary/aromatic N) is 1. The number of fused-ring (bicyclic) bond motifs is 2. The molecule has 0 unspecified atom stereocenters. The van der Waals surface area contributed by atoms with E-state index in [1.54, 1.807) is 6.20 Å². The van der Waals surface area contributed by atoms with Gasteiger partial charge in [0.25, 0.3) is 0 Å². The lowest BCUT2D eigenvalue weighted by Gasteiger charge is -2.12. The SMILES string of the molecule is Nc1c(/C=C\Cc2cccnc2)ccc(/C=C\Cc2cccc(-c3ccc4c5c(cccc35)C3=C4CCC=C3)c2)c1N. The van der Waals surface area contributed by atoms with Crippen LogP contribution in [0.4, 0.5) is 11.4 Å². The van der Waals surface area contributed by atoms with Crippen LogP contribution in [-0.4, -0.2) is 4.98 Å². The third-order valence-electron chi connectivity index (χ3n) is 8.44. The quantitative estimate of drug-likeness (QED) is 0.201. The number of aromatic nitrogens is 1. The maximum absolute atomic E-state index is 6.44. The van der Waals surface area contributed by atoms with Gasteiger partial charge in [-0.05, 0) is 98.2 Å². The van der Waals surface area contributed by atoms with Crippen LogP contribution in [0.15, 0.2) is 116 Å². The summed E-state index contributed by atoms with van der Waals surface area (Å²) in [5.74, 6) is 0. The molecule has 0 radical (unpaired) electrons. The molecule has 0 fully saturated rings. The van der Waals surface area contributed by atoms with E-state index in [1.165, 1.54) is 49.7 Å². The lowest BCUT2D eigenvalue weighted by molar-refractivity contribution is 1.06. The van der Waals surface area contributed by atoms with E-state index in [-0.39, 0.29) is 0 Å². The van der Waals surface area contributed by atoms with Crippen LogP contribution in [-0.2, 0) is 12.8 Å². The van der Waals surface area contributed by atoms with Crippen LogP contribution in [0.3, 0.4) is 0 Å². The first-order valence-corrected chi connectivity index (χ1v) is 14.6. The van der Waals surface area contributed by atoms with Crippen LogP contribution in [0.5, 0.6) is 0 Å². The highest BCUT2D eigenvalue weighted by Gasteiger charge is 2.24. The van der Waals surface area contributed by atoms with E-state index in [4.69, 9.17) is 11.5 Å². The Bertz CT molecular complexity index is 1940. The summed E-state index contributed by atoms with van der Waals surface area (Å²) in [6.07, 6.45) is 20.5. The van der Waals surface area contributed by atoms with Crippen LogP contribution in [0, 0.1) is 0 Å². The molecule has 1 aromatic heterocycles. The summed E-state index contributed by atoms with van der Waals surface area (Å²) in [5.41, 5.74) is 26.6. The summed E-state index contributed by atoms with van der Waals surface area (Å²) in [5, 5.41) is 2.73. The Balaban J connectivity index is 1.10. The fraction of sp³-hybridized carbons (Fsp3) is 0.103. The fourth-order valence-corrected chi connectivity index (χ4v) is 6.32. The third-order valence-corrected chi connectivity index (χ3v) is 8.44. The van der Waals surface area contributed by atoms with Gasteiger partial charge in [-0.25, -0.2) is 0 Å². The Labute approximate surface area is 247 Å². The van der Waals surface area contributed by atoms with Crippen LogP contribution >= 0.6 is 0 Å². The molecule has 7 rings (SSSR count). The highest BCUT2D eigenvalue weighted by atomic mass is 14.7. The van der Waals surface area contributed by atoms with Crippen LogP contribution in [0.2, 0.25) is 0 Å². The molecule has 0 amide bonds. The minimum absolute atomic E-state index is 0.611. The van der Waals surface area contributed by atoms with Crippen molar-refractivity contribution in [1.29, 1.82) is 0 Å². The Hall–Kier alpha value is -5.15. The highest BCUT2D eigenvalue weighted by Crippen LogP contribution is 2.48. The first-order chi connectivity index (χ1) is 20.7. The summed E-state index contributed by atoms with van der Waals surface area (Å²) in [6, 6.07) is 28.4. The largest absolute Gasteiger partial charge is 0.397 e. The van der Waals surface area contributed by atoms with E-state index >= 15 is 0 Å². The molecule has 0 saturated heterocycles. The molecule has 3 heteroatoms. The minimum atomic E-state index is 0.611. The van der Waals surface area contributed by atoms with Crippen molar-refractivity contribution in [3.8, 4) is 11.1 Å². The second-order valence-electron chi connectivity index (χ2n) is 11.1. The maximum atomic E-state index is 6.44. The van der Waals surface area contributed by atoms with Gasteiger partial charge in [0.1, 0.15) is 0 Å². The number of hydrogen-bond donors (Lipinski definition) is 2. The number of pyridine rings is 1. The molecule has 4 aromatic carbocycles. The van der Waals surface area contributed by atoms with Gasteiger partial charge < -0.3 is 11.5 Å². The predicted molar refractivity (Wildman–Crippen MR) is 180 cm³/mol. The van der Waals surface area contributed by atoms with Crippen molar-refractivity contribution in [3.05, 3.63) is 149 Å². The Kier molecular flexibility index (Phi) is 6.77. The zero-order valence-electron chi connectivity index (χ0n) is 23.6. The van der Waals surface area contributed by atoms with Crippen molar-refractivity contribution in [1.82, 2.24) is 4.98 Å². The van der Waals surface area contributed by atoms with Gasteiger partial charge in [0.05, 0.1) is 11.4 Å². The van der Waals surface area contributed by atoms with Gasteiger partial charge in [-0.3, -0.25) is 4.98 Å². The normalized spacial score (nSPS) is 14.0.